The minimum absolute atomic E-state index is 0. The third-order valence-corrected chi connectivity index (χ3v) is 3.19. The lowest BCUT2D eigenvalue weighted by atomic mass is 10.1. The third kappa shape index (κ3) is 6.88. The van der Waals surface area contributed by atoms with Crippen molar-refractivity contribution in [3.8, 4) is 0 Å². The SMILES string of the molecule is CN=C(NCCc1ccc(C(F)(F)F)cc1)NCc1nc(C)no1.I. The fourth-order valence-corrected chi connectivity index (χ4v) is 1.98. The number of halogens is 4. The summed E-state index contributed by atoms with van der Waals surface area (Å²) in [6, 6.07) is 5.12. The highest BCUT2D eigenvalue weighted by Crippen LogP contribution is 2.29. The second-order valence-electron chi connectivity index (χ2n) is 5.03. The highest BCUT2D eigenvalue weighted by molar-refractivity contribution is 14.0. The van der Waals surface area contributed by atoms with Crippen molar-refractivity contribution in [2.75, 3.05) is 13.6 Å². The zero-order valence-corrected chi connectivity index (χ0v) is 16.1. The lowest BCUT2D eigenvalue weighted by Gasteiger charge is -2.11. The first-order valence-electron chi connectivity index (χ1n) is 7.28. The molecule has 0 aliphatic rings. The van der Waals surface area contributed by atoms with Crippen molar-refractivity contribution >= 4 is 29.9 Å². The Kier molecular flexibility index (Phi) is 8.13. The summed E-state index contributed by atoms with van der Waals surface area (Å²) in [5.41, 5.74) is 0.157. The first-order valence-corrected chi connectivity index (χ1v) is 7.28. The van der Waals surface area contributed by atoms with Crippen LogP contribution in [0.3, 0.4) is 0 Å². The molecule has 0 fully saturated rings. The lowest BCUT2D eigenvalue weighted by molar-refractivity contribution is -0.137. The lowest BCUT2D eigenvalue weighted by Crippen LogP contribution is -2.37. The average molecular weight is 469 g/mol. The molecule has 0 radical (unpaired) electrons. The topological polar surface area (TPSA) is 75.3 Å². The summed E-state index contributed by atoms with van der Waals surface area (Å²) < 4.78 is 42.5. The number of benzene rings is 1. The van der Waals surface area contributed by atoms with Gasteiger partial charge in [-0.15, -0.1) is 24.0 Å². The number of rotatable bonds is 5. The Labute approximate surface area is 160 Å². The van der Waals surface area contributed by atoms with Crippen LogP contribution in [0.15, 0.2) is 33.8 Å². The van der Waals surface area contributed by atoms with E-state index in [1.54, 1.807) is 14.0 Å². The predicted molar refractivity (Wildman–Crippen MR) is 97.8 cm³/mol. The van der Waals surface area contributed by atoms with Crippen LogP contribution in [0.25, 0.3) is 0 Å². The molecule has 0 spiro atoms. The monoisotopic (exact) mass is 469 g/mol. The molecular weight excluding hydrogens is 450 g/mol. The molecule has 0 amide bonds. The molecule has 0 bridgehead atoms. The van der Waals surface area contributed by atoms with Gasteiger partial charge in [0.05, 0.1) is 12.1 Å². The van der Waals surface area contributed by atoms with Crippen LogP contribution in [0.1, 0.15) is 22.8 Å². The van der Waals surface area contributed by atoms with Crippen LogP contribution in [0.4, 0.5) is 13.2 Å². The van der Waals surface area contributed by atoms with E-state index in [0.29, 0.717) is 37.2 Å². The number of hydrogen-bond acceptors (Lipinski definition) is 4. The van der Waals surface area contributed by atoms with E-state index in [9.17, 15) is 13.2 Å². The summed E-state index contributed by atoms with van der Waals surface area (Å²) in [5.74, 6) is 1.54. The first kappa shape index (κ1) is 21.2. The van der Waals surface area contributed by atoms with Gasteiger partial charge in [-0.05, 0) is 31.0 Å². The molecule has 0 unspecified atom stereocenters. The van der Waals surface area contributed by atoms with Crippen LogP contribution in [0.2, 0.25) is 0 Å². The maximum absolute atomic E-state index is 12.5. The Morgan fingerprint density at radius 3 is 2.40 bits per heavy atom. The van der Waals surface area contributed by atoms with Gasteiger partial charge in [-0.3, -0.25) is 4.99 Å². The molecule has 0 aliphatic heterocycles. The van der Waals surface area contributed by atoms with Crippen molar-refractivity contribution in [2.24, 2.45) is 4.99 Å². The van der Waals surface area contributed by atoms with Crippen LogP contribution < -0.4 is 10.6 Å². The van der Waals surface area contributed by atoms with E-state index in [4.69, 9.17) is 4.52 Å². The molecule has 2 N–H and O–H groups in total. The molecule has 0 saturated carbocycles. The van der Waals surface area contributed by atoms with Crippen molar-refractivity contribution < 1.29 is 17.7 Å². The van der Waals surface area contributed by atoms with E-state index in [0.717, 1.165) is 17.7 Å². The summed E-state index contributed by atoms with van der Waals surface area (Å²) in [6.45, 7) is 2.58. The first-order chi connectivity index (χ1) is 11.4. The van der Waals surface area contributed by atoms with Crippen LogP contribution in [0.5, 0.6) is 0 Å². The fourth-order valence-electron chi connectivity index (χ4n) is 1.98. The molecule has 25 heavy (non-hydrogen) atoms. The van der Waals surface area contributed by atoms with Gasteiger partial charge < -0.3 is 15.2 Å². The van der Waals surface area contributed by atoms with E-state index >= 15 is 0 Å². The molecule has 0 aliphatic carbocycles. The molecule has 6 nitrogen and oxygen atoms in total. The molecule has 2 rings (SSSR count). The summed E-state index contributed by atoms with van der Waals surface area (Å²) in [5, 5.41) is 9.75. The van der Waals surface area contributed by atoms with Crippen molar-refractivity contribution in [2.45, 2.75) is 26.1 Å². The van der Waals surface area contributed by atoms with E-state index in [-0.39, 0.29) is 24.0 Å². The number of nitrogens with zero attached hydrogens (tertiary/aromatic N) is 3. The molecule has 0 atom stereocenters. The quantitative estimate of drug-likeness (QED) is 0.400. The summed E-state index contributed by atoms with van der Waals surface area (Å²) >= 11 is 0. The summed E-state index contributed by atoms with van der Waals surface area (Å²) in [6.07, 6.45) is -3.74. The van der Waals surface area contributed by atoms with Crippen molar-refractivity contribution in [3.63, 3.8) is 0 Å². The third-order valence-electron chi connectivity index (χ3n) is 3.19. The highest BCUT2D eigenvalue weighted by Gasteiger charge is 2.29. The van der Waals surface area contributed by atoms with Gasteiger partial charge in [-0.25, -0.2) is 0 Å². The fraction of sp³-hybridized carbons (Fsp3) is 0.400. The Hall–Kier alpha value is -1.85. The molecule has 10 heteroatoms. The summed E-state index contributed by atoms with van der Waals surface area (Å²) in [7, 11) is 1.62. The minimum atomic E-state index is -4.31. The Bertz CT molecular complexity index is 685. The Morgan fingerprint density at radius 2 is 1.88 bits per heavy atom. The van der Waals surface area contributed by atoms with E-state index in [1.807, 2.05) is 0 Å². The second-order valence-corrected chi connectivity index (χ2v) is 5.03. The molecule has 1 heterocycles. The molecule has 1 aromatic heterocycles. The molecule has 2 aromatic rings. The number of alkyl halides is 3. The van der Waals surface area contributed by atoms with Crippen molar-refractivity contribution in [1.29, 1.82) is 0 Å². The van der Waals surface area contributed by atoms with E-state index in [1.165, 1.54) is 12.1 Å². The maximum Gasteiger partial charge on any atom is 0.416 e. The van der Waals surface area contributed by atoms with Crippen LogP contribution in [-0.4, -0.2) is 29.7 Å². The van der Waals surface area contributed by atoms with Gasteiger partial charge in [0.15, 0.2) is 11.8 Å². The van der Waals surface area contributed by atoms with Gasteiger partial charge in [0.25, 0.3) is 0 Å². The number of nitrogens with one attached hydrogen (secondary N) is 2. The molecular formula is C15H19F3IN5O. The van der Waals surface area contributed by atoms with Crippen LogP contribution in [-0.2, 0) is 19.1 Å². The number of hydrogen-bond donors (Lipinski definition) is 2. The zero-order chi connectivity index (χ0) is 17.6. The van der Waals surface area contributed by atoms with E-state index in [2.05, 4.69) is 25.8 Å². The highest BCUT2D eigenvalue weighted by atomic mass is 127. The number of guanidine groups is 1. The zero-order valence-electron chi connectivity index (χ0n) is 13.7. The van der Waals surface area contributed by atoms with Crippen molar-refractivity contribution in [3.05, 3.63) is 47.1 Å². The number of aliphatic imine (C=N–C) groups is 1. The van der Waals surface area contributed by atoms with Crippen LogP contribution >= 0.6 is 24.0 Å². The molecule has 138 valence electrons. The van der Waals surface area contributed by atoms with Gasteiger partial charge in [0.2, 0.25) is 5.89 Å². The van der Waals surface area contributed by atoms with Crippen molar-refractivity contribution in [1.82, 2.24) is 20.8 Å². The van der Waals surface area contributed by atoms with Crippen LogP contribution in [0, 0.1) is 6.92 Å². The van der Waals surface area contributed by atoms with E-state index < -0.39 is 11.7 Å². The van der Waals surface area contributed by atoms with Gasteiger partial charge in [0, 0.05) is 13.6 Å². The standard InChI is InChI=1S/C15H18F3N5O.HI/c1-10-22-13(24-23-10)9-21-14(19-2)20-8-7-11-3-5-12(6-4-11)15(16,17)18;/h3-6H,7-9H2,1-2H3,(H2,19,20,21);1H. The second kappa shape index (κ2) is 9.59. The molecule has 0 saturated heterocycles. The Balaban J connectivity index is 0.00000312. The molecule has 1 aromatic carbocycles. The summed E-state index contributed by atoms with van der Waals surface area (Å²) in [4.78, 5) is 8.10. The maximum atomic E-state index is 12.5. The predicted octanol–water partition coefficient (Wildman–Crippen LogP) is 2.92. The van der Waals surface area contributed by atoms with Gasteiger partial charge in [0.1, 0.15) is 0 Å². The Morgan fingerprint density at radius 1 is 1.20 bits per heavy atom. The number of aromatic nitrogens is 2. The normalized spacial score (nSPS) is 11.8. The smallest absolute Gasteiger partial charge is 0.356 e. The van der Waals surface area contributed by atoms with Gasteiger partial charge >= 0.3 is 6.18 Å². The van der Waals surface area contributed by atoms with Gasteiger partial charge in [-0.2, -0.15) is 18.2 Å². The number of aryl methyl sites for hydroxylation is 1. The minimum Gasteiger partial charge on any atom is -0.356 e. The largest absolute Gasteiger partial charge is 0.416 e. The van der Waals surface area contributed by atoms with Gasteiger partial charge in [-0.1, -0.05) is 17.3 Å². The average Bonchev–Trinajstić information content (AvgIpc) is 2.96.